The molecule has 5 rings (SSSR count). The zero-order valence-corrected chi connectivity index (χ0v) is 16.6. The van der Waals surface area contributed by atoms with E-state index in [1.165, 1.54) is 11.8 Å². The molecule has 1 amide bonds. The van der Waals surface area contributed by atoms with Gasteiger partial charge in [0.15, 0.2) is 5.09 Å². The molecule has 1 N–H and O–H groups in total. The molecule has 3 aliphatic heterocycles. The van der Waals surface area contributed by atoms with Crippen molar-refractivity contribution in [2.45, 2.75) is 41.8 Å². The Bertz CT molecular complexity index is 819. The number of benzene rings is 1. The third-order valence-corrected chi connectivity index (χ3v) is 6.88. The van der Waals surface area contributed by atoms with Gasteiger partial charge in [-0.25, -0.2) is 4.98 Å². The zero-order valence-electron chi connectivity index (χ0n) is 14.2. The smallest absolute Gasteiger partial charge is 0.307 e. The Morgan fingerprint density at radius 3 is 2.77 bits per heavy atom. The molecule has 3 fully saturated rings. The number of nitrogens with zero attached hydrogens (tertiary/aromatic N) is 2. The summed E-state index contributed by atoms with van der Waals surface area (Å²) in [5, 5.41) is 4.64. The number of halogens is 2. The zero-order chi connectivity index (χ0) is 18.3. The second kappa shape index (κ2) is 7.43. The molecular weight excluding hydrogens is 393 g/mol. The first-order valence-corrected chi connectivity index (χ1v) is 10.2. The topological polar surface area (TPSA) is 58.4 Å². The van der Waals surface area contributed by atoms with Gasteiger partial charge in [0.1, 0.15) is 0 Å². The van der Waals surface area contributed by atoms with Gasteiger partial charge in [0.25, 0.3) is 5.89 Å². The first kappa shape index (κ1) is 18.2. The number of piperidine rings is 3. The van der Waals surface area contributed by atoms with Gasteiger partial charge in [-0.1, -0.05) is 35.0 Å². The predicted molar refractivity (Wildman–Crippen MR) is 102 cm³/mol. The van der Waals surface area contributed by atoms with Crippen LogP contribution in [0.5, 0.6) is 0 Å². The van der Waals surface area contributed by atoms with Crippen LogP contribution in [0.25, 0.3) is 0 Å². The molecule has 1 aromatic carbocycles. The summed E-state index contributed by atoms with van der Waals surface area (Å²) in [6, 6.07) is 5.84. The van der Waals surface area contributed by atoms with Gasteiger partial charge in [-0.15, -0.1) is 0 Å². The van der Waals surface area contributed by atoms with Crippen molar-refractivity contribution < 1.29 is 9.21 Å². The highest BCUT2D eigenvalue weighted by atomic mass is 35.5. The van der Waals surface area contributed by atoms with Crippen molar-refractivity contribution in [1.82, 2.24) is 15.2 Å². The fourth-order valence-electron chi connectivity index (χ4n) is 3.83. The number of carbonyl (C=O) groups excluding carboxylic acids is 1. The van der Waals surface area contributed by atoms with E-state index in [-0.39, 0.29) is 17.8 Å². The summed E-state index contributed by atoms with van der Waals surface area (Å²) < 4.78 is 5.63. The van der Waals surface area contributed by atoms with Crippen LogP contribution < -0.4 is 5.32 Å². The van der Waals surface area contributed by atoms with E-state index in [1.54, 1.807) is 18.3 Å². The minimum absolute atomic E-state index is 0.0937. The molecule has 2 aromatic rings. The third kappa shape index (κ3) is 3.60. The minimum atomic E-state index is -0.253. The molecule has 1 aromatic heterocycles. The average molecular weight is 412 g/mol. The Balaban J connectivity index is 1.42. The van der Waals surface area contributed by atoms with E-state index in [1.807, 2.05) is 6.07 Å². The normalized spacial score (nSPS) is 27.5. The Morgan fingerprint density at radius 1 is 1.31 bits per heavy atom. The number of amides is 1. The van der Waals surface area contributed by atoms with Gasteiger partial charge in [-0.3, -0.25) is 9.69 Å². The highest BCUT2D eigenvalue weighted by Crippen LogP contribution is 2.34. The second-order valence-electron chi connectivity index (χ2n) is 6.78. The summed E-state index contributed by atoms with van der Waals surface area (Å²) in [4.78, 5) is 20.0. The fraction of sp³-hybridized carbons (Fsp3) is 0.444. The van der Waals surface area contributed by atoms with Crippen LogP contribution in [0.2, 0.25) is 10.0 Å². The first-order valence-electron chi connectivity index (χ1n) is 8.65. The number of rotatable bonds is 4. The van der Waals surface area contributed by atoms with Crippen molar-refractivity contribution in [3.05, 3.63) is 40.3 Å². The van der Waals surface area contributed by atoms with E-state index in [4.69, 9.17) is 27.6 Å². The molecule has 0 aliphatic carbocycles. The molecule has 2 atom stereocenters. The van der Waals surface area contributed by atoms with Crippen LogP contribution in [0, 0.1) is 5.92 Å². The van der Waals surface area contributed by atoms with Crippen LogP contribution in [0.15, 0.2) is 38.8 Å². The summed E-state index contributed by atoms with van der Waals surface area (Å²) in [6.45, 7) is 4.43. The fourth-order valence-corrected chi connectivity index (χ4v) is 4.96. The van der Waals surface area contributed by atoms with Gasteiger partial charge in [-0.05, 0) is 57.0 Å². The Kier molecular flexibility index (Phi) is 5.19. The molecule has 8 heteroatoms. The number of carbonyl (C=O) groups is 1. The molecule has 2 bridgehead atoms. The molecule has 138 valence electrons. The Hall–Kier alpha value is -1.21. The maximum Gasteiger partial charge on any atom is 0.307 e. The number of fused-ring (bicyclic) bond motifs is 3. The number of oxazole rings is 1. The number of hydrogen-bond donors (Lipinski definition) is 1. The lowest BCUT2D eigenvalue weighted by atomic mass is 9.79. The monoisotopic (exact) mass is 411 g/mol. The Labute approximate surface area is 166 Å². The SMILES string of the molecule is CC1C(NC(=O)c2ncc(Sc3ccc(Cl)c(Cl)c3)o2)C2CCN1CC2. The molecule has 4 heterocycles. The van der Waals surface area contributed by atoms with Crippen LogP contribution in [0.4, 0.5) is 0 Å². The molecule has 3 saturated heterocycles. The lowest BCUT2D eigenvalue weighted by Gasteiger charge is -2.49. The van der Waals surface area contributed by atoms with Crippen LogP contribution in [0.1, 0.15) is 30.5 Å². The first-order chi connectivity index (χ1) is 12.5. The third-order valence-electron chi connectivity index (χ3n) is 5.26. The summed E-state index contributed by atoms with van der Waals surface area (Å²) in [5.41, 5.74) is 0. The standard InChI is InChI=1S/C18H19Cl2N3O2S/c1-10-16(11-4-6-23(10)7-5-11)22-17(24)18-21-9-15(25-18)26-12-2-3-13(19)14(20)8-12/h2-3,8-11,16H,4-7H2,1H3,(H,22,24). The number of hydrogen-bond acceptors (Lipinski definition) is 5. The van der Waals surface area contributed by atoms with E-state index in [9.17, 15) is 4.79 Å². The molecule has 0 spiro atoms. The van der Waals surface area contributed by atoms with Crippen LogP contribution >= 0.6 is 35.0 Å². The van der Waals surface area contributed by atoms with Gasteiger partial charge < -0.3 is 9.73 Å². The summed E-state index contributed by atoms with van der Waals surface area (Å²) in [7, 11) is 0. The quantitative estimate of drug-likeness (QED) is 0.810. The largest absolute Gasteiger partial charge is 0.425 e. The number of nitrogens with one attached hydrogen (secondary N) is 1. The maximum atomic E-state index is 12.6. The number of aromatic nitrogens is 1. The van der Waals surface area contributed by atoms with E-state index >= 15 is 0 Å². The van der Waals surface area contributed by atoms with Crippen molar-refractivity contribution in [2.75, 3.05) is 13.1 Å². The highest BCUT2D eigenvalue weighted by molar-refractivity contribution is 7.99. The maximum absolute atomic E-state index is 12.6. The second-order valence-corrected chi connectivity index (χ2v) is 8.67. The van der Waals surface area contributed by atoms with Crippen molar-refractivity contribution in [2.24, 2.45) is 5.92 Å². The van der Waals surface area contributed by atoms with Gasteiger partial charge in [0.2, 0.25) is 0 Å². The molecular formula is C18H19Cl2N3O2S. The predicted octanol–water partition coefficient (Wildman–Crippen LogP) is 4.35. The summed E-state index contributed by atoms with van der Waals surface area (Å²) in [6.07, 6.45) is 3.83. The Morgan fingerprint density at radius 2 is 2.08 bits per heavy atom. The van der Waals surface area contributed by atoms with Crippen LogP contribution in [-0.2, 0) is 0 Å². The van der Waals surface area contributed by atoms with Crippen LogP contribution in [-0.4, -0.2) is 41.0 Å². The lowest BCUT2D eigenvalue weighted by Crippen LogP contribution is -2.62. The summed E-state index contributed by atoms with van der Waals surface area (Å²) >= 11 is 13.3. The van der Waals surface area contributed by atoms with Crippen molar-refractivity contribution in [3.63, 3.8) is 0 Å². The molecule has 0 saturated carbocycles. The van der Waals surface area contributed by atoms with Crippen molar-refractivity contribution >= 4 is 40.9 Å². The molecule has 5 nitrogen and oxygen atoms in total. The van der Waals surface area contributed by atoms with Gasteiger partial charge >= 0.3 is 5.91 Å². The summed E-state index contributed by atoms with van der Waals surface area (Å²) in [5.74, 6) is 0.381. The van der Waals surface area contributed by atoms with Gasteiger partial charge in [-0.2, -0.15) is 0 Å². The molecule has 3 aliphatic rings. The van der Waals surface area contributed by atoms with Crippen molar-refractivity contribution in [1.29, 1.82) is 0 Å². The highest BCUT2D eigenvalue weighted by Gasteiger charge is 2.40. The average Bonchev–Trinajstić information content (AvgIpc) is 3.10. The van der Waals surface area contributed by atoms with E-state index in [0.717, 1.165) is 30.8 Å². The van der Waals surface area contributed by atoms with Crippen molar-refractivity contribution in [3.8, 4) is 0 Å². The molecule has 2 unspecified atom stereocenters. The van der Waals surface area contributed by atoms with Gasteiger partial charge in [0.05, 0.1) is 16.2 Å². The van der Waals surface area contributed by atoms with E-state index in [2.05, 4.69) is 22.1 Å². The van der Waals surface area contributed by atoms with E-state index in [0.29, 0.717) is 27.1 Å². The molecule has 0 radical (unpaired) electrons. The molecule has 26 heavy (non-hydrogen) atoms. The van der Waals surface area contributed by atoms with E-state index < -0.39 is 0 Å². The van der Waals surface area contributed by atoms with Crippen LogP contribution in [0.3, 0.4) is 0 Å². The van der Waals surface area contributed by atoms with Gasteiger partial charge in [0, 0.05) is 17.0 Å². The minimum Gasteiger partial charge on any atom is -0.425 e. The lowest BCUT2D eigenvalue weighted by molar-refractivity contribution is 0.0209.